The van der Waals surface area contributed by atoms with Crippen molar-refractivity contribution in [3.8, 4) is 0 Å². The van der Waals surface area contributed by atoms with Crippen LogP contribution in [-0.4, -0.2) is 44.4 Å². The van der Waals surface area contributed by atoms with E-state index in [0.717, 1.165) is 11.3 Å². The summed E-state index contributed by atoms with van der Waals surface area (Å²) in [5.41, 5.74) is 0. The van der Waals surface area contributed by atoms with E-state index < -0.39 is 10.0 Å². The molecule has 0 amide bonds. The molecule has 0 saturated carbocycles. The van der Waals surface area contributed by atoms with Gasteiger partial charge in [-0.15, -0.1) is 22.9 Å². The molecule has 0 N–H and O–H groups in total. The van der Waals surface area contributed by atoms with Gasteiger partial charge in [-0.05, 0) is 18.9 Å². The highest BCUT2D eigenvalue weighted by Gasteiger charge is 2.32. The molecular weight excluding hydrogens is 365 g/mol. The lowest BCUT2D eigenvalue weighted by Crippen LogP contribution is -2.40. The Balaban J connectivity index is 2.04. The lowest BCUT2D eigenvalue weighted by Gasteiger charge is -2.30. The first kappa shape index (κ1) is 16.8. The second kappa shape index (κ2) is 7.13. The summed E-state index contributed by atoms with van der Waals surface area (Å²) in [6.07, 6.45) is 1.39. The summed E-state index contributed by atoms with van der Waals surface area (Å²) in [5.74, 6) is 0.446. The largest absolute Gasteiger partial charge is 0.377 e. The average Bonchev–Trinajstić information content (AvgIpc) is 2.76. The Labute approximate surface area is 137 Å². The quantitative estimate of drug-likeness (QED) is 0.737. The fraction of sp³-hybridized carbons (Fsp3) is 0.636. The molecule has 114 valence electrons. The standard InChI is InChI=1S/C11H14Cl3NO3S2/c12-3-6-18-8-1-4-15(5-2-8)20(16,17)9-7-10(13)19-11(9)14/h7-8H,1-6H2. The number of nitrogens with zero attached hydrogens (tertiary/aromatic N) is 1. The lowest BCUT2D eigenvalue weighted by molar-refractivity contribution is 0.0301. The normalized spacial score (nSPS) is 18.6. The van der Waals surface area contributed by atoms with Gasteiger partial charge in [0.25, 0.3) is 0 Å². The van der Waals surface area contributed by atoms with Crippen LogP contribution in [0.15, 0.2) is 11.0 Å². The molecule has 1 aliphatic heterocycles. The van der Waals surface area contributed by atoms with Crippen molar-refractivity contribution < 1.29 is 13.2 Å². The van der Waals surface area contributed by atoms with Gasteiger partial charge in [0, 0.05) is 19.0 Å². The first-order valence-electron chi connectivity index (χ1n) is 6.07. The zero-order valence-electron chi connectivity index (χ0n) is 10.5. The number of alkyl halides is 1. The van der Waals surface area contributed by atoms with Crippen molar-refractivity contribution in [2.45, 2.75) is 23.8 Å². The molecule has 0 radical (unpaired) electrons. The van der Waals surface area contributed by atoms with E-state index in [1.54, 1.807) is 0 Å². The maximum Gasteiger partial charge on any atom is 0.245 e. The van der Waals surface area contributed by atoms with Crippen LogP contribution in [0.5, 0.6) is 0 Å². The van der Waals surface area contributed by atoms with Gasteiger partial charge in [0.1, 0.15) is 9.23 Å². The highest BCUT2D eigenvalue weighted by atomic mass is 35.5. The molecule has 1 aliphatic rings. The predicted molar refractivity (Wildman–Crippen MR) is 82.8 cm³/mol. The van der Waals surface area contributed by atoms with E-state index in [1.165, 1.54) is 10.4 Å². The molecule has 1 saturated heterocycles. The highest BCUT2D eigenvalue weighted by Crippen LogP contribution is 2.36. The smallest absolute Gasteiger partial charge is 0.245 e. The van der Waals surface area contributed by atoms with E-state index in [0.29, 0.717) is 42.8 Å². The van der Waals surface area contributed by atoms with Crippen LogP contribution in [0.2, 0.25) is 8.67 Å². The first-order chi connectivity index (χ1) is 9.45. The van der Waals surface area contributed by atoms with Crippen LogP contribution in [0.4, 0.5) is 0 Å². The molecule has 1 aromatic rings. The van der Waals surface area contributed by atoms with Crippen LogP contribution < -0.4 is 0 Å². The van der Waals surface area contributed by atoms with E-state index in [9.17, 15) is 8.42 Å². The molecule has 1 aromatic heterocycles. The van der Waals surface area contributed by atoms with Crippen LogP contribution in [0.3, 0.4) is 0 Å². The number of hydrogen-bond acceptors (Lipinski definition) is 4. The topological polar surface area (TPSA) is 46.6 Å². The van der Waals surface area contributed by atoms with Crippen LogP contribution in [0.25, 0.3) is 0 Å². The van der Waals surface area contributed by atoms with Gasteiger partial charge in [-0.3, -0.25) is 0 Å². The minimum atomic E-state index is -3.57. The van der Waals surface area contributed by atoms with E-state index in [-0.39, 0.29) is 15.3 Å². The number of thiophene rings is 1. The minimum absolute atomic E-state index is 0.0711. The highest BCUT2D eigenvalue weighted by molar-refractivity contribution is 7.89. The average molecular weight is 379 g/mol. The third-order valence-corrected chi connectivity index (χ3v) is 6.88. The molecule has 9 heteroatoms. The SMILES string of the molecule is O=S(=O)(c1cc(Cl)sc1Cl)N1CCC(OCCCl)CC1. The third-order valence-electron chi connectivity index (χ3n) is 3.07. The van der Waals surface area contributed by atoms with E-state index in [1.807, 2.05) is 0 Å². The number of sulfonamides is 1. The molecular formula is C11H14Cl3NO3S2. The minimum Gasteiger partial charge on any atom is -0.377 e. The summed E-state index contributed by atoms with van der Waals surface area (Å²) in [7, 11) is -3.57. The van der Waals surface area contributed by atoms with Gasteiger partial charge in [-0.2, -0.15) is 4.31 Å². The third kappa shape index (κ3) is 3.80. The zero-order valence-corrected chi connectivity index (χ0v) is 14.4. The van der Waals surface area contributed by atoms with Crippen LogP contribution >= 0.6 is 46.1 Å². The zero-order chi connectivity index (χ0) is 14.8. The van der Waals surface area contributed by atoms with Crippen molar-refractivity contribution in [2.75, 3.05) is 25.6 Å². The second-order valence-electron chi connectivity index (χ2n) is 4.35. The number of piperidine rings is 1. The second-order valence-corrected chi connectivity index (χ2v) is 8.92. The molecule has 0 atom stereocenters. The van der Waals surface area contributed by atoms with Gasteiger partial charge in [-0.25, -0.2) is 8.42 Å². The summed E-state index contributed by atoms with van der Waals surface area (Å²) < 4.78 is 32.5. The van der Waals surface area contributed by atoms with Gasteiger partial charge in [0.2, 0.25) is 10.0 Å². The summed E-state index contributed by atoms with van der Waals surface area (Å²) in [5, 5.41) is 0. The molecule has 0 unspecified atom stereocenters. The van der Waals surface area contributed by atoms with Gasteiger partial charge in [-0.1, -0.05) is 23.2 Å². The molecule has 20 heavy (non-hydrogen) atoms. The first-order valence-corrected chi connectivity index (χ1v) is 9.62. The van der Waals surface area contributed by atoms with E-state index in [2.05, 4.69) is 0 Å². The Morgan fingerprint density at radius 3 is 2.50 bits per heavy atom. The van der Waals surface area contributed by atoms with Crippen molar-refractivity contribution in [1.82, 2.24) is 4.31 Å². The molecule has 4 nitrogen and oxygen atoms in total. The molecule has 2 rings (SSSR count). The molecule has 0 bridgehead atoms. The lowest BCUT2D eigenvalue weighted by atomic mass is 10.1. The Kier molecular flexibility index (Phi) is 5.99. The summed E-state index contributed by atoms with van der Waals surface area (Å²) in [4.78, 5) is 0.0919. The van der Waals surface area contributed by atoms with Crippen molar-refractivity contribution in [3.63, 3.8) is 0 Å². The monoisotopic (exact) mass is 377 g/mol. The van der Waals surface area contributed by atoms with Crippen molar-refractivity contribution >= 4 is 56.2 Å². The maximum atomic E-state index is 12.5. The Morgan fingerprint density at radius 2 is 2.00 bits per heavy atom. The number of hydrogen-bond donors (Lipinski definition) is 0. The van der Waals surface area contributed by atoms with Crippen LogP contribution in [-0.2, 0) is 14.8 Å². The van der Waals surface area contributed by atoms with Crippen molar-refractivity contribution in [3.05, 3.63) is 14.7 Å². The van der Waals surface area contributed by atoms with E-state index in [4.69, 9.17) is 39.5 Å². The Bertz CT molecular complexity index is 553. The van der Waals surface area contributed by atoms with Crippen molar-refractivity contribution in [1.29, 1.82) is 0 Å². The predicted octanol–water partition coefficient (Wildman–Crippen LogP) is 3.46. The molecule has 0 aliphatic carbocycles. The molecule has 0 aromatic carbocycles. The number of halogens is 3. The van der Waals surface area contributed by atoms with Gasteiger partial charge >= 0.3 is 0 Å². The number of rotatable bonds is 5. The molecule has 2 heterocycles. The Morgan fingerprint density at radius 1 is 1.35 bits per heavy atom. The van der Waals surface area contributed by atoms with Crippen molar-refractivity contribution in [2.24, 2.45) is 0 Å². The van der Waals surface area contributed by atoms with Gasteiger partial charge in [0.05, 0.1) is 17.0 Å². The van der Waals surface area contributed by atoms with Crippen LogP contribution in [0, 0.1) is 0 Å². The molecule has 0 spiro atoms. The maximum absolute atomic E-state index is 12.5. The fourth-order valence-corrected chi connectivity index (χ4v) is 5.76. The van der Waals surface area contributed by atoms with Gasteiger partial charge in [0.15, 0.2) is 0 Å². The number of ether oxygens (including phenoxy) is 1. The fourth-order valence-electron chi connectivity index (χ4n) is 2.09. The molecule has 1 fully saturated rings. The summed E-state index contributed by atoms with van der Waals surface area (Å²) in [6.45, 7) is 1.32. The summed E-state index contributed by atoms with van der Waals surface area (Å²) in [6, 6.07) is 1.40. The summed E-state index contributed by atoms with van der Waals surface area (Å²) >= 11 is 18.4. The van der Waals surface area contributed by atoms with Crippen LogP contribution in [0.1, 0.15) is 12.8 Å². The van der Waals surface area contributed by atoms with Gasteiger partial charge < -0.3 is 4.74 Å². The Hall–Kier alpha value is 0.440. The van der Waals surface area contributed by atoms with E-state index >= 15 is 0 Å².